The van der Waals surface area contributed by atoms with E-state index in [-0.39, 0.29) is 24.0 Å². The second kappa shape index (κ2) is 12.9. The van der Waals surface area contributed by atoms with E-state index in [4.69, 9.17) is 4.74 Å². The van der Waals surface area contributed by atoms with Crippen LogP contribution in [0.3, 0.4) is 0 Å². The van der Waals surface area contributed by atoms with Gasteiger partial charge in [0, 0.05) is 44.0 Å². The number of rotatable bonds is 9. The summed E-state index contributed by atoms with van der Waals surface area (Å²) in [6.07, 6.45) is 0.884. The van der Waals surface area contributed by atoms with Gasteiger partial charge in [-0.15, -0.1) is 35.3 Å². The van der Waals surface area contributed by atoms with Gasteiger partial charge in [-0.25, -0.2) is 4.98 Å². The zero-order chi connectivity index (χ0) is 18.8. The summed E-state index contributed by atoms with van der Waals surface area (Å²) >= 11 is 1.68. The zero-order valence-electron chi connectivity index (χ0n) is 16.5. The van der Waals surface area contributed by atoms with Gasteiger partial charge in [0.1, 0.15) is 12.4 Å². The molecule has 0 saturated heterocycles. The van der Waals surface area contributed by atoms with E-state index in [0.717, 1.165) is 47.5 Å². The third-order valence-corrected chi connectivity index (χ3v) is 4.60. The van der Waals surface area contributed by atoms with Crippen LogP contribution in [0.4, 0.5) is 0 Å². The second-order valence-corrected chi connectivity index (χ2v) is 7.28. The van der Waals surface area contributed by atoms with Crippen LogP contribution in [0.15, 0.2) is 34.6 Å². The Kier molecular flexibility index (Phi) is 11.3. The summed E-state index contributed by atoms with van der Waals surface area (Å²) in [5.74, 6) is 1.69. The molecule has 27 heavy (non-hydrogen) atoms. The molecule has 1 aromatic heterocycles. The Hall–Kier alpha value is -1.39. The molecule has 2 rings (SSSR count). The highest BCUT2D eigenvalue weighted by atomic mass is 127. The largest absolute Gasteiger partial charge is 0.492 e. The van der Waals surface area contributed by atoms with Gasteiger partial charge in [-0.05, 0) is 27.1 Å². The summed E-state index contributed by atoms with van der Waals surface area (Å²) in [7, 11) is 5.86. The fraction of sp³-hybridized carbons (Fsp3) is 0.474. The maximum Gasteiger partial charge on any atom is 0.191 e. The maximum absolute atomic E-state index is 5.91. The Morgan fingerprint density at radius 3 is 2.70 bits per heavy atom. The monoisotopic (exact) mass is 503 g/mol. The van der Waals surface area contributed by atoms with Crippen molar-refractivity contribution in [2.75, 3.05) is 40.8 Å². The molecule has 8 heteroatoms. The van der Waals surface area contributed by atoms with Crippen molar-refractivity contribution >= 4 is 41.3 Å². The first-order chi connectivity index (χ1) is 12.6. The van der Waals surface area contributed by atoms with Crippen LogP contribution in [0.25, 0.3) is 0 Å². The fourth-order valence-electron chi connectivity index (χ4n) is 2.36. The molecule has 0 aliphatic rings. The number of benzene rings is 1. The van der Waals surface area contributed by atoms with Gasteiger partial charge in [-0.2, -0.15) is 0 Å². The van der Waals surface area contributed by atoms with Gasteiger partial charge in [0.05, 0.1) is 10.7 Å². The Morgan fingerprint density at radius 1 is 1.26 bits per heavy atom. The standard InChI is InChI=1S/C19H29N5OS.HI/c1-15-23-17(14-26-15)9-10-21-19(20-2)22-13-16-7-5-6-8-18(16)25-12-11-24(3)4;/h5-8,14H,9-13H2,1-4H3,(H2,20,21,22);1H. The third-order valence-electron chi connectivity index (χ3n) is 3.78. The van der Waals surface area contributed by atoms with Crippen LogP contribution in [-0.2, 0) is 13.0 Å². The zero-order valence-corrected chi connectivity index (χ0v) is 19.6. The predicted octanol–water partition coefficient (Wildman–Crippen LogP) is 2.92. The Balaban J connectivity index is 0.00000364. The molecule has 1 aromatic carbocycles. The normalized spacial score (nSPS) is 11.2. The lowest BCUT2D eigenvalue weighted by molar-refractivity contribution is 0.259. The molecule has 150 valence electrons. The van der Waals surface area contributed by atoms with Crippen molar-refractivity contribution in [1.82, 2.24) is 20.5 Å². The quantitative estimate of drug-likeness (QED) is 0.313. The molecule has 0 spiro atoms. The summed E-state index contributed by atoms with van der Waals surface area (Å²) < 4.78 is 5.91. The number of hydrogen-bond donors (Lipinski definition) is 2. The fourth-order valence-corrected chi connectivity index (χ4v) is 3.01. The number of ether oxygens (including phenoxy) is 1. The highest BCUT2D eigenvalue weighted by molar-refractivity contribution is 14.0. The van der Waals surface area contributed by atoms with Crippen molar-refractivity contribution in [3.05, 3.63) is 45.9 Å². The van der Waals surface area contributed by atoms with Gasteiger partial charge in [0.2, 0.25) is 0 Å². The molecule has 0 aliphatic carbocycles. The number of thiazole rings is 1. The molecule has 0 aliphatic heterocycles. The summed E-state index contributed by atoms with van der Waals surface area (Å²) in [5, 5.41) is 9.89. The second-order valence-electron chi connectivity index (χ2n) is 6.22. The summed E-state index contributed by atoms with van der Waals surface area (Å²) in [4.78, 5) is 10.9. The highest BCUT2D eigenvalue weighted by Gasteiger charge is 2.05. The van der Waals surface area contributed by atoms with Crippen LogP contribution in [0.1, 0.15) is 16.3 Å². The van der Waals surface area contributed by atoms with Crippen LogP contribution < -0.4 is 15.4 Å². The third kappa shape index (κ3) is 8.89. The van der Waals surface area contributed by atoms with E-state index in [1.165, 1.54) is 0 Å². The lowest BCUT2D eigenvalue weighted by atomic mass is 10.2. The summed E-state index contributed by atoms with van der Waals surface area (Å²) in [5.41, 5.74) is 2.24. The van der Waals surface area contributed by atoms with Gasteiger partial charge < -0.3 is 20.3 Å². The summed E-state index contributed by atoms with van der Waals surface area (Å²) in [6, 6.07) is 8.10. The number of para-hydroxylation sites is 1. The molecular weight excluding hydrogens is 473 g/mol. The molecule has 2 aromatic rings. The molecule has 6 nitrogen and oxygen atoms in total. The Bertz CT molecular complexity index is 705. The average molecular weight is 503 g/mol. The first-order valence-corrected chi connectivity index (χ1v) is 9.67. The number of likely N-dealkylation sites (N-methyl/N-ethyl adjacent to an activating group) is 1. The lowest BCUT2D eigenvalue weighted by Crippen LogP contribution is -2.38. The van der Waals surface area contributed by atoms with Crippen molar-refractivity contribution in [2.45, 2.75) is 19.9 Å². The van der Waals surface area contributed by atoms with Crippen molar-refractivity contribution in [2.24, 2.45) is 4.99 Å². The maximum atomic E-state index is 5.91. The number of aliphatic imine (C=N–C) groups is 1. The minimum atomic E-state index is 0. The van der Waals surface area contributed by atoms with Crippen molar-refractivity contribution in [3.63, 3.8) is 0 Å². The van der Waals surface area contributed by atoms with E-state index in [0.29, 0.717) is 13.2 Å². The number of nitrogens with zero attached hydrogens (tertiary/aromatic N) is 3. The molecule has 0 saturated carbocycles. The molecule has 0 bridgehead atoms. The molecule has 0 unspecified atom stereocenters. The lowest BCUT2D eigenvalue weighted by Gasteiger charge is -2.16. The summed E-state index contributed by atoms with van der Waals surface area (Å²) in [6.45, 7) is 5.04. The first kappa shape index (κ1) is 23.6. The van der Waals surface area contributed by atoms with Gasteiger partial charge in [0.15, 0.2) is 5.96 Å². The van der Waals surface area contributed by atoms with E-state index in [2.05, 4.69) is 37.0 Å². The van der Waals surface area contributed by atoms with E-state index >= 15 is 0 Å². The Morgan fingerprint density at radius 2 is 2.04 bits per heavy atom. The number of aromatic nitrogens is 1. The van der Waals surface area contributed by atoms with E-state index in [9.17, 15) is 0 Å². The van der Waals surface area contributed by atoms with Crippen molar-refractivity contribution in [1.29, 1.82) is 0 Å². The minimum absolute atomic E-state index is 0. The predicted molar refractivity (Wildman–Crippen MR) is 125 cm³/mol. The number of hydrogen-bond acceptors (Lipinski definition) is 5. The molecule has 1 heterocycles. The van der Waals surface area contributed by atoms with Crippen LogP contribution in [0, 0.1) is 6.92 Å². The van der Waals surface area contributed by atoms with Gasteiger partial charge in [-0.1, -0.05) is 18.2 Å². The van der Waals surface area contributed by atoms with Gasteiger partial charge >= 0.3 is 0 Å². The Labute approximate surface area is 183 Å². The van der Waals surface area contributed by atoms with Crippen molar-refractivity contribution in [3.8, 4) is 5.75 Å². The van der Waals surface area contributed by atoms with Crippen LogP contribution in [0.5, 0.6) is 5.75 Å². The highest BCUT2D eigenvalue weighted by Crippen LogP contribution is 2.17. The van der Waals surface area contributed by atoms with E-state index in [1.54, 1.807) is 18.4 Å². The number of nitrogens with one attached hydrogen (secondary N) is 2. The number of aryl methyl sites for hydroxylation is 1. The topological polar surface area (TPSA) is 61.8 Å². The van der Waals surface area contributed by atoms with Crippen LogP contribution in [-0.4, -0.2) is 56.7 Å². The molecular formula is C19H30IN5OS. The van der Waals surface area contributed by atoms with Crippen molar-refractivity contribution < 1.29 is 4.74 Å². The van der Waals surface area contributed by atoms with Crippen LogP contribution in [0.2, 0.25) is 0 Å². The van der Waals surface area contributed by atoms with Gasteiger partial charge in [-0.3, -0.25) is 4.99 Å². The molecule has 0 atom stereocenters. The number of guanidine groups is 1. The van der Waals surface area contributed by atoms with E-state index in [1.807, 2.05) is 39.2 Å². The van der Waals surface area contributed by atoms with Gasteiger partial charge in [0.25, 0.3) is 0 Å². The molecule has 0 radical (unpaired) electrons. The van der Waals surface area contributed by atoms with Crippen LogP contribution >= 0.6 is 35.3 Å². The smallest absolute Gasteiger partial charge is 0.191 e. The first-order valence-electron chi connectivity index (χ1n) is 8.79. The number of halogens is 1. The molecule has 2 N–H and O–H groups in total. The average Bonchev–Trinajstić information content (AvgIpc) is 3.04. The molecule has 0 fully saturated rings. The van der Waals surface area contributed by atoms with E-state index < -0.39 is 0 Å². The minimum Gasteiger partial charge on any atom is -0.492 e. The molecule has 0 amide bonds. The SMILES string of the molecule is CN=C(NCCc1csc(C)n1)NCc1ccccc1OCCN(C)C.I.